The molecule has 0 amide bonds. The molecular formula is C25H24F3N9O2S2. The lowest BCUT2D eigenvalue weighted by Crippen LogP contribution is -2.56. The van der Waals surface area contributed by atoms with Gasteiger partial charge in [0.05, 0.1) is 28.4 Å². The number of nitrogens with zero attached hydrogens (tertiary/aromatic N) is 8. The van der Waals surface area contributed by atoms with E-state index < -0.39 is 33.2 Å². The van der Waals surface area contributed by atoms with Crippen LogP contribution in [-0.2, 0) is 10.0 Å². The number of alkyl halides is 3. The molecule has 2 unspecified atom stereocenters. The molecular weight excluding hydrogens is 579 g/mol. The van der Waals surface area contributed by atoms with Gasteiger partial charge in [-0.2, -0.15) is 9.98 Å². The Bertz CT molecular complexity index is 1810. The summed E-state index contributed by atoms with van der Waals surface area (Å²) in [5.74, 6) is 0.470. The summed E-state index contributed by atoms with van der Waals surface area (Å²) in [6, 6.07) is 6.27. The molecule has 2 saturated heterocycles. The fourth-order valence-corrected chi connectivity index (χ4v) is 7.76. The summed E-state index contributed by atoms with van der Waals surface area (Å²) < 4.78 is 72.7. The lowest BCUT2D eigenvalue weighted by atomic mass is 9.98. The van der Waals surface area contributed by atoms with Crippen LogP contribution in [-0.4, -0.2) is 82.0 Å². The lowest BCUT2D eigenvalue weighted by molar-refractivity contribution is 0.0464. The maximum Gasteiger partial charge on any atom is 0.291 e. The highest BCUT2D eigenvalue weighted by molar-refractivity contribution is 7.89. The number of benzene rings is 1. The highest BCUT2D eigenvalue weighted by Crippen LogP contribution is 2.40. The van der Waals surface area contributed by atoms with E-state index in [1.54, 1.807) is 6.07 Å². The fourth-order valence-electron chi connectivity index (χ4n) is 5.65. The standard InChI is InChI=1S/C25H24F3N9O2S2/c26-16-11-36(9-4-17(16)35-7-1-8-35)21-19-15-3-2-14(41(38,39)34-25(12-29)5-6-25)10-18(15)37(22(19)31-13-30-21)24-33-32-23(40-24)20(27)28/h2-3,10,13,16-17,20,34H,1,4-9,11H2. The molecule has 4 aromatic rings. The van der Waals surface area contributed by atoms with Crippen molar-refractivity contribution >= 4 is 49.1 Å². The molecule has 16 heteroatoms. The van der Waals surface area contributed by atoms with Crippen molar-refractivity contribution in [3.8, 4) is 11.2 Å². The number of fused-ring (bicyclic) bond motifs is 3. The van der Waals surface area contributed by atoms with Gasteiger partial charge in [0.25, 0.3) is 6.43 Å². The molecule has 0 spiro atoms. The molecule has 0 bridgehead atoms. The lowest BCUT2D eigenvalue weighted by Gasteiger charge is -2.45. The zero-order chi connectivity index (χ0) is 28.5. The molecule has 5 heterocycles. The Morgan fingerprint density at radius 2 is 1.98 bits per heavy atom. The first-order valence-electron chi connectivity index (χ1n) is 13.2. The largest absolute Gasteiger partial charge is 0.353 e. The molecule has 3 aromatic heterocycles. The van der Waals surface area contributed by atoms with Crippen LogP contribution in [0.25, 0.3) is 27.1 Å². The van der Waals surface area contributed by atoms with Gasteiger partial charge in [0.2, 0.25) is 15.2 Å². The van der Waals surface area contributed by atoms with Gasteiger partial charge in [-0.1, -0.05) is 17.4 Å². The van der Waals surface area contributed by atoms with Crippen LogP contribution in [0.2, 0.25) is 0 Å². The summed E-state index contributed by atoms with van der Waals surface area (Å²) in [6.45, 7) is 2.48. The summed E-state index contributed by atoms with van der Waals surface area (Å²) in [6.07, 6.45) is -0.0899. The van der Waals surface area contributed by atoms with Crippen LogP contribution in [0.3, 0.4) is 0 Å². The van der Waals surface area contributed by atoms with Crippen molar-refractivity contribution in [2.45, 2.75) is 54.8 Å². The predicted molar refractivity (Wildman–Crippen MR) is 144 cm³/mol. The summed E-state index contributed by atoms with van der Waals surface area (Å²) in [7, 11) is -4.09. The molecule has 41 heavy (non-hydrogen) atoms. The number of hydrogen-bond acceptors (Lipinski definition) is 10. The first-order valence-corrected chi connectivity index (χ1v) is 15.5. The quantitative estimate of drug-likeness (QED) is 0.338. The Morgan fingerprint density at radius 3 is 2.61 bits per heavy atom. The zero-order valence-electron chi connectivity index (χ0n) is 21.5. The number of nitrogens with one attached hydrogen (secondary N) is 1. The van der Waals surface area contributed by atoms with E-state index in [-0.39, 0.29) is 22.6 Å². The van der Waals surface area contributed by atoms with E-state index >= 15 is 4.39 Å². The number of rotatable bonds is 7. The zero-order valence-corrected chi connectivity index (χ0v) is 23.2. The normalized spacial score (nSPS) is 22.8. The van der Waals surface area contributed by atoms with Crippen molar-refractivity contribution < 1.29 is 21.6 Å². The average molecular weight is 604 g/mol. The maximum atomic E-state index is 15.4. The smallest absolute Gasteiger partial charge is 0.291 e. The summed E-state index contributed by atoms with van der Waals surface area (Å²) >= 11 is 0.663. The predicted octanol–water partition coefficient (Wildman–Crippen LogP) is 3.32. The number of nitriles is 1. The van der Waals surface area contributed by atoms with Gasteiger partial charge in [-0.25, -0.2) is 31.6 Å². The van der Waals surface area contributed by atoms with E-state index in [0.29, 0.717) is 64.9 Å². The fraction of sp³-hybridized carbons (Fsp3) is 0.480. The second-order valence-corrected chi connectivity index (χ2v) is 13.3. The van der Waals surface area contributed by atoms with Crippen LogP contribution in [0.15, 0.2) is 29.4 Å². The van der Waals surface area contributed by atoms with Gasteiger partial charge in [0, 0.05) is 18.0 Å². The molecule has 1 aliphatic carbocycles. The van der Waals surface area contributed by atoms with E-state index in [9.17, 15) is 22.5 Å². The van der Waals surface area contributed by atoms with Gasteiger partial charge in [0.1, 0.15) is 23.9 Å². The third-order valence-electron chi connectivity index (χ3n) is 8.08. The van der Waals surface area contributed by atoms with Gasteiger partial charge in [0.15, 0.2) is 10.7 Å². The maximum absolute atomic E-state index is 15.4. The van der Waals surface area contributed by atoms with Crippen molar-refractivity contribution in [2.75, 3.05) is 31.1 Å². The van der Waals surface area contributed by atoms with Gasteiger partial charge >= 0.3 is 0 Å². The topological polar surface area (TPSA) is 133 Å². The van der Waals surface area contributed by atoms with Crippen molar-refractivity contribution in [3.05, 3.63) is 29.5 Å². The summed E-state index contributed by atoms with van der Waals surface area (Å²) in [5.41, 5.74) is -0.494. The van der Waals surface area contributed by atoms with Gasteiger partial charge in [-0.3, -0.25) is 9.47 Å². The summed E-state index contributed by atoms with van der Waals surface area (Å²) in [5, 5.41) is 17.6. The third kappa shape index (κ3) is 4.42. The molecule has 7 rings (SSSR count). The Balaban J connectivity index is 1.37. The highest BCUT2D eigenvalue weighted by Gasteiger charge is 2.47. The molecule has 1 saturated carbocycles. The van der Waals surface area contributed by atoms with Gasteiger partial charge < -0.3 is 4.90 Å². The van der Waals surface area contributed by atoms with Crippen LogP contribution in [0.4, 0.5) is 19.0 Å². The van der Waals surface area contributed by atoms with E-state index in [4.69, 9.17) is 0 Å². The van der Waals surface area contributed by atoms with E-state index in [1.807, 2.05) is 11.0 Å². The number of aromatic nitrogens is 5. The minimum atomic E-state index is -4.09. The molecule has 3 aliphatic rings. The minimum Gasteiger partial charge on any atom is -0.353 e. The summed E-state index contributed by atoms with van der Waals surface area (Å²) in [4.78, 5) is 12.8. The molecule has 11 nitrogen and oxygen atoms in total. The van der Waals surface area contributed by atoms with E-state index in [1.165, 1.54) is 23.0 Å². The second-order valence-electron chi connectivity index (χ2n) is 10.6. The van der Waals surface area contributed by atoms with Crippen LogP contribution in [0.5, 0.6) is 0 Å². The van der Waals surface area contributed by atoms with Crippen molar-refractivity contribution in [1.82, 2.24) is 34.4 Å². The molecule has 214 valence electrons. The number of likely N-dealkylation sites (tertiary alicyclic amines) is 1. The highest BCUT2D eigenvalue weighted by atomic mass is 32.2. The van der Waals surface area contributed by atoms with E-state index in [2.05, 4.69) is 29.8 Å². The Hall–Kier alpha value is -3.39. The first kappa shape index (κ1) is 26.5. The molecule has 0 radical (unpaired) electrons. The first-order chi connectivity index (χ1) is 19.7. The van der Waals surface area contributed by atoms with Gasteiger partial charge in [-0.05, 0) is 50.9 Å². The van der Waals surface area contributed by atoms with Crippen molar-refractivity contribution in [1.29, 1.82) is 5.26 Å². The molecule has 1 aromatic carbocycles. The Morgan fingerprint density at radius 1 is 1.17 bits per heavy atom. The second kappa shape index (κ2) is 9.58. The number of anilines is 1. The number of hydrogen-bond donors (Lipinski definition) is 1. The van der Waals surface area contributed by atoms with Gasteiger partial charge in [-0.15, -0.1) is 10.2 Å². The third-order valence-corrected chi connectivity index (χ3v) is 10.5. The average Bonchev–Trinajstić information content (AvgIpc) is 3.36. The van der Waals surface area contributed by atoms with Crippen LogP contribution in [0.1, 0.15) is 37.1 Å². The van der Waals surface area contributed by atoms with Crippen LogP contribution >= 0.6 is 11.3 Å². The Kier molecular flexibility index (Phi) is 6.19. The molecule has 1 N–H and O–H groups in total. The number of sulfonamides is 1. The van der Waals surface area contributed by atoms with Crippen LogP contribution < -0.4 is 9.62 Å². The monoisotopic (exact) mass is 603 g/mol. The number of halogens is 3. The van der Waals surface area contributed by atoms with Crippen LogP contribution in [0, 0.1) is 11.3 Å². The molecule has 2 atom stereocenters. The Labute approximate surface area is 236 Å². The van der Waals surface area contributed by atoms with E-state index in [0.717, 1.165) is 19.5 Å². The van der Waals surface area contributed by atoms with Crippen molar-refractivity contribution in [2.24, 2.45) is 0 Å². The minimum absolute atomic E-state index is 0.0722. The molecule has 2 aliphatic heterocycles. The number of piperidine rings is 1. The molecule has 3 fully saturated rings. The SMILES string of the molecule is N#CC1(NS(=O)(=O)c2ccc3c4c(N5CCC(N6CCC6)C(F)C5)ncnc4n(-c4nnc(C(F)F)s4)c3c2)CC1. The van der Waals surface area contributed by atoms with Crippen molar-refractivity contribution in [3.63, 3.8) is 0 Å².